The molecule has 66 heavy (non-hydrogen) atoms. The van der Waals surface area contributed by atoms with Crippen molar-refractivity contribution in [3.63, 3.8) is 0 Å². The van der Waals surface area contributed by atoms with E-state index in [1.165, 1.54) is 55.8 Å². The van der Waals surface area contributed by atoms with E-state index < -0.39 is 0 Å². The zero-order valence-electron chi connectivity index (χ0n) is 39.4. The fourth-order valence-electron chi connectivity index (χ4n) is 8.79. The number of hydrogen-bond donors (Lipinski definition) is 0. The number of rotatable bonds is 11. The van der Waals surface area contributed by atoms with Crippen molar-refractivity contribution in [2.45, 2.75) is 47.0 Å². The molecule has 0 aliphatic heterocycles. The molecule has 0 saturated heterocycles. The van der Waals surface area contributed by atoms with Crippen LogP contribution in [-0.4, -0.2) is 13.3 Å². The highest BCUT2D eigenvalue weighted by Crippen LogP contribution is 2.51. The lowest BCUT2D eigenvalue weighted by molar-refractivity contribution is 0.112. The van der Waals surface area contributed by atoms with Crippen LogP contribution in [-0.2, 0) is 5.41 Å². The predicted molar refractivity (Wildman–Crippen MR) is 285 cm³/mol. The van der Waals surface area contributed by atoms with Crippen molar-refractivity contribution in [1.82, 2.24) is 0 Å². The highest BCUT2D eigenvalue weighted by molar-refractivity contribution is 5.89. The summed E-state index contributed by atoms with van der Waals surface area (Å²) in [6, 6.07) is 68.9. The van der Waals surface area contributed by atoms with Gasteiger partial charge in [-0.05, 0) is 130 Å². The first kappa shape index (κ1) is 46.2. The molecule has 0 aromatic heterocycles. The maximum atomic E-state index is 10.0. The fraction of sp³-hybridized carbons (Fsp3) is 0.127. The van der Waals surface area contributed by atoms with Crippen molar-refractivity contribution < 1.29 is 4.79 Å². The molecule has 3 heteroatoms. The molecule has 0 heterocycles. The summed E-state index contributed by atoms with van der Waals surface area (Å²) in [5.41, 5.74) is 19.9. The summed E-state index contributed by atoms with van der Waals surface area (Å²) in [6.45, 7) is 17.0. The van der Waals surface area contributed by atoms with Crippen LogP contribution in [0.3, 0.4) is 0 Å². The molecule has 3 nitrogen and oxygen atoms in total. The zero-order valence-corrected chi connectivity index (χ0v) is 39.4. The Balaban J connectivity index is 0.000000581. The van der Waals surface area contributed by atoms with Crippen LogP contribution in [0.25, 0.3) is 39.0 Å². The first-order valence-electron chi connectivity index (χ1n) is 22.9. The van der Waals surface area contributed by atoms with Crippen LogP contribution >= 0.6 is 0 Å². The quantitative estimate of drug-likeness (QED) is 0.0956. The summed E-state index contributed by atoms with van der Waals surface area (Å²) < 4.78 is 0. The molecule has 8 aromatic carbocycles. The van der Waals surface area contributed by atoms with E-state index in [0.717, 1.165) is 45.7 Å². The van der Waals surface area contributed by atoms with Crippen molar-refractivity contribution in [3.8, 4) is 33.4 Å². The molecule has 0 radical (unpaired) electrons. The van der Waals surface area contributed by atoms with Crippen LogP contribution in [0.4, 0.5) is 28.4 Å². The Hall–Kier alpha value is -7.75. The molecular formula is C63H60N2O. The molecular weight excluding hydrogens is 801 g/mol. The van der Waals surface area contributed by atoms with Gasteiger partial charge in [0.2, 0.25) is 0 Å². The second kappa shape index (κ2) is 21.3. The van der Waals surface area contributed by atoms with E-state index in [1.54, 1.807) is 12.1 Å². The third-order valence-electron chi connectivity index (χ3n) is 12.3. The Labute approximate surface area is 393 Å². The number of carbonyl (C=O) groups is 1. The summed E-state index contributed by atoms with van der Waals surface area (Å²) in [5.74, 6) is 0. The lowest BCUT2D eigenvalue weighted by Gasteiger charge is -2.28. The molecule has 1 aliphatic carbocycles. The third kappa shape index (κ3) is 9.82. The van der Waals surface area contributed by atoms with Crippen molar-refractivity contribution in [3.05, 3.63) is 253 Å². The molecule has 0 fully saturated rings. The number of nitrogens with zero attached hydrogens (tertiary/aromatic N) is 2. The predicted octanol–water partition coefficient (Wildman–Crippen LogP) is 17.5. The van der Waals surface area contributed by atoms with Crippen LogP contribution in [0.2, 0.25) is 0 Å². The van der Waals surface area contributed by atoms with E-state index in [0.29, 0.717) is 0 Å². The molecule has 9 rings (SSSR count). The fourth-order valence-corrected chi connectivity index (χ4v) is 8.79. The monoisotopic (exact) mass is 860 g/mol. The van der Waals surface area contributed by atoms with E-state index in [4.69, 9.17) is 0 Å². The SMILES string of the molecule is C=C/C(=C\C=C/C)c1ccc(N(c2ccc(-c3ccc(N(C)c4ccccc4)c(-c4ccccc4C)c3)cc2)c2ccc3c(c2)C(C)(C)c2ccccc2-3)cc1.CC.O=Cc1ccccc1. The summed E-state index contributed by atoms with van der Waals surface area (Å²) >= 11 is 0. The minimum atomic E-state index is -0.104. The zero-order chi connectivity index (χ0) is 46.6. The average molecular weight is 861 g/mol. The van der Waals surface area contributed by atoms with Gasteiger partial charge < -0.3 is 9.80 Å². The molecule has 0 spiro atoms. The van der Waals surface area contributed by atoms with Crippen LogP contribution in [0, 0.1) is 6.92 Å². The van der Waals surface area contributed by atoms with Crippen LogP contribution in [0.1, 0.15) is 67.2 Å². The number of aldehydes is 1. The molecule has 0 unspecified atom stereocenters. The van der Waals surface area contributed by atoms with E-state index in [1.807, 2.05) is 51.1 Å². The van der Waals surface area contributed by atoms with E-state index >= 15 is 0 Å². The van der Waals surface area contributed by atoms with Gasteiger partial charge in [-0.3, -0.25) is 4.79 Å². The first-order chi connectivity index (χ1) is 32.2. The third-order valence-corrected chi connectivity index (χ3v) is 12.3. The number of hydrogen-bond acceptors (Lipinski definition) is 3. The number of fused-ring (bicyclic) bond motifs is 3. The number of para-hydroxylation sites is 1. The Morgan fingerprint density at radius 2 is 1.11 bits per heavy atom. The molecule has 0 amide bonds. The summed E-state index contributed by atoms with van der Waals surface area (Å²) in [4.78, 5) is 14.7. The van der Waals surface area contributed by atoms with E-state index in [2.05, 4.69) is 220 Å². The van der Waals surface area contributed by atoms with Gasteiger partial charge >= 0.3 is 0 Å². The van der Waals surface area contributed by atoms with Gasteiger partial charge in [-0.25, -0.2) is 0 Å². The number of aryl methyl sites for hydroxylation is 1. The average Bonchev–Trinajstić information content (AvgIpc) is 3.61. The maximum absolute atomic E-state index is 10.0. The van der Waals surface area contributed by atoms with Crippen molar-refractivity contribution in [2.24, 2.45) is 0 Å². The molecule has 0 N–H and O–H groups in total. The molecule has 0 saturated carbocycles. The Kier molecular flexibility index (Phi) is 14.9. The van der Waals surface area contributed by atoms with Crippen molar-refractivity contribution in [2.75, 3.05) is 16.8 Å². The molecule has 1 aliphatic rings. The van der Waals surface area contributed by atoms with E-state index in [-0.39, 0.29) is 5.41 Å². The number of anilines is 5. The lowest BCUT2D eigenvalue weighted by atomic mass is 9.82. The minimum Gasteiger partial charge on any atom is -0.344 e. The van der Waals surface area contributed by atoms with Gasteiger partial charge in [0.05, 0.1) is 0 Å². The molecule has 0 bridgehead atoms. The summed E-state index contributed by atoms with van der Waals surface area (Å²) in [6.07, 6.45) is 8.96. The molecule has 0 atom stereocenters. The van der Waals surface area contributed by atoms with Crippen LogP contribution < -0.4 is 9.80 Å². The number of allylic oxidation sites excluding steroid dienone is 5. The maximum Gasteiger partial charge on any atom is 0.150 e. The van der Waals surface area contributed by atoms with Crippen molar-refractivity contribution in [1.29, 1.82) is 0 Å². The van der Waals surface area contributed by atoms with Gasteiger partial charge in [0.1, 0.15) is 6.29 Å². The normalized spacial score (nSPS) is 12.1. The topological polar surface area (TPSA) is 23.6 Å². The second-order valence-electron chi connectivity index (χ2n) is 16.7. The highest BCUT2D eigenvalue weighted by atomic mass is 16.1. The second-order valence-corrected chi connectivity index (χ2v) is 16.7. The Morgan fingerprint density at radius 3 is 1.73 bits per heavy atom. The van der Waals surface area contributed by atoms with Gasteiger partial charge in [-0.15, -0.1) is 0 Å². The summed E-state index contributed by atoms with van der Waals surface area (Å²) in [7, 11) is 2.15. The van der Waals surface area contributed by atoms with Gasteiger partial charge in [-0.2, -0.15) is 0 Å². The lowest BCUT2D eigenvalue weighted by Crippen LogP contribution is -2.16. The van der Waals surface area contributed by atoms with Gasteiger partial charge in [0, 0.05) is 52.0 Å². The van der Waals surface area contributed by atoms with E-state index in [9.17, 15) is 4.79 Å². The highest BCUT2D eigenvalue weighted by Gasteiger charge is 2.35. The number of carbonyl (C=O) groups excluding carboxylic acids is 1. The van der Waals surface area contributed by atoms with Gasteiger partial charge in [0.25, 0.3) is 0 Å². The largest absolute Gasteiger partial charge is 0.344 e. The minimum absolute atomic E-state index is 0.104. The van der Waals surface area contributed by atoms with Crippen molar-refractivity contribution >= 4 is 40.3 Å². The standard InChI is InChI=1S/C54H48N2.C7H6O.C2H6/c1-7-9-18-39(8-2)40-24-29-44(30-25-40)56(46-33-34-49-48-22-15-16-23-51(48)54(4,5)52(49)37-46)45-31-26-41(27-32-45)42-28-35-53(55(6)43-19-11-10-12-20-43)50(36-42)47-21-14-13-17-38(47)3;8-6-7-4-2-1-3-5-7;1-2/h7-37H,2H2,1,3-6H3;1-6H;1-2H3/b9-7-,39-18+;;. The molecule has 328 valence electrons. The van der Waals surface area contributed by atoms with Crippen LogP contribution in [0.5, 0.6) is 0 Å². The summed E-state index contributed by atoms with van der Waals surface area (Å²) in [5, 5.41) is 0. The Morgan fingerprint density at radius 1 is 0.545 bits per heavy atom. The Bertz CT molecular complexity index is 2960. The van der Waals surface area contributed by atoms with Gasteiger partial charge in [0.15, 0.2) is 0 Å². The molecule has 8 aromatic rings. The van der Waals surface area contributed by atoms with Gasteiger partial charge in [-0.1, -0.05) is 192 Å². The number of benzene rings is 8. The van der Waals surface area contributed by atoms with Crippen LogP contribution in [0.15, 0.2) is 225 Å². The first-order valence-corrected chi connectivity index (χ1v) is 22.9. The smallest absolute Gasteiger partial charge is 0.150 e.